The fraction of sp³-hybridized carbons (Fsp3) is 0.455. The Morgan fingerprint density at radius 3 is 2.83 bits per heavy atom. The van der Waals surface area contributed by atoms with E-state index in [0.717, 1.165) is 0 Å². The van der Waals surface area contributed by atoms with Crippen LogP contribution in [0.2, 0.25) is 0 Å². The van der Waals surface area contributed by atoms with Crippen LogP contribution in [0.25, 0.3) is 0 Å². The van der Waals surface area contributed by atoms with Gasteiger partial charge in [-0.25, -0.2) is 0 Å². The van der Waals surface area contributed by atoms with Crippen molar-refractivity contribution in [3.8, 4) is 0 Å². The molecule has 0 spiro atoms. The third-order valence-electron chi connectivity index (χ3n) is 2.14. The molecular formula is C11H15N3O4. The molecule has 0 bridgehead atoms. The van der Waals surface area contributed by atoms with Gasteiger partial charge in [-0.1, -0.05) is 0 Å². The molecule has 0 aliphatic heterocycles. The Kier molecular flexibility index (Phi) is 5.72. The van der Waals surface area contributed by atoms with Gasteiger partial charge in [-0.3, -0.25) is 9.59 Å². The van der Waals surface area contributed by atoms with Crippen LogP contribution in [0.3, 0.4) is 0 Å². The van der Waals surface area contributed by atoms with Gasteiger partial charge < -0.3 is 15.2 Å². The van der Waals surface area contributed by atoms with Gasteiger partial charge in [0.05, 0.1) is 30.5 Å². The van der Waals surface area contributed by atoms with E-state index in [9.17, 15) is 9.59 Å². The van der Waals surface area contributed by atoms with Crippen LogP contribution in [0.5, 0.6) is 0 Å². The van der Waals surface area contributed by atoms with E-state index in [2.05, 4.69) is 15.5 Å². The second-order valence-electron chi connectivity index (χ2n) is 3.52. The molecule has 0 saturated heterocycles. The largest absolute Gasteiger partial charge is 0.481 e. The first-order valence-corrected chi connectivity index (χ1v) is 5.51. The third-order valence-corrected chi connectivity index (χ3v) is 2.14. The van der Waals surface area contributed by atoms with E-state index >= 15 is 0 Å². The number of carbonyl (C=O) groups is 2. The molecule has 98 valence electrons. The minimum atomic E-state index is -0.965. The number of carboxylic acid groups (broad SMARTS) is 1. The maximum atomic E-state index is 11.7. The average Bonchev–Trinajstić information content (AvgIpc) is 2.36. The predicted octanol–water partition coefficient (Wildman–Crippen LogP) is 0.0862. The van der Waals surface area contributed by atoms with Crippen molar-refractivity contribution in [3.05, 3.63) is 24.0 Å². The first kappa shape index (κ1) is 14.0. The van der Waals surface area contributed by atoms with Crippen molar-refractivity contribution in [1.82, 2.24) is 15.5 Å². The van der Waals surface area contributed by atoms with Gasteiger partial charge in [-0.05, 0) is 13.0 Å². The zero-order valence-corrected chi connectivity index (χ0v) is 10.00. The molecule has 0 radical (unpaired) electrons. The van der Waals surface area contributed by atoms with Gasteiger partial charge in [0.2, 0.25) is 0 Å². The van der Waals surface area contributed by atoms with Crippen molar-refractivity contribution < 1.29 is 19.4 Å². The van der Waals surface area contributed by atoms with Crippen LogP contribution in [-0.4, -0.2) is 46.4 Å². The Balaban J connectivity index is 2.46. The van der Waals surface area contributed by atoms with Crippen molar-refractivity contribution in [2.45, 2.75) is 19.4 Å². The molecule has 0 fully saturated rings. The van der Waals surface area contributed by atoms with Crippen LogP contribution in [-0.2, 0) is 9.53 Å². The fourth-order valence-electron chi connectivity index (χ4n) is 1.35. The van der Waals surface area contributed by atoms with E-state index in [1.807, 2.05) is 0 Å². The highest BCUT2D eigenvalue weighted by molar-refractivity contribution is 5.93. The molecule has 1 heterocycles. The molecule has 7 nitrogen and oxygen atoms in total. The number of nitrogens with zero attached hydrogens (tertiary/aromatic N) is 2. The number of aliphatic carboxylic acids is 1. The molecule has 1 aromatic rings. The van der Waals surface area contributed by atoms with Gasteiger partial charge in [0.1, 0.15) is 0 Å². The summed E-state index contributed by atoms with van der Waals surface area (Å²) in [6.07, 6.45) is 2.06. The summed E-state index contributed by atoms with van der Waals surface area (Å²) in [5, 5.41) is 18.4. The Bertz CT molecular complexity index is 397. The summed E-state index contributed by atoms with van der Waals surface area (Å²) in [6, 6.07) is 1.52. The summed E-state index contributed by atoms with van der Waals surface area (Å²) in [7, 11) is 0. The number of nitrogens with one attached hydrogen (secondary N) is 1. The lowest BCUT2D eigenvalue weighted by atomic mass is 10.2. The molecule has 1 unspecified atom stereocenters. The molecule has 1 amide bonds. The van der Waals surface area contributed by atoms with Crippen molar-refractivity contribution in [1.29, 1.82) is 0 Å². The highest BCUT2D eigenvalue weighted by atomic mass is 16.5. The Morgan fingerprint density at radius 1 is 1.50 bits per heavy atom. The van der Waals surface area contributed by atoms with Gasteiger partial charge in [-0.15, -0.1) is 0 Å². The topological polar surface area (TPSA) is 101 Å². The van der Waals surface area contributed by atoms with E-state index in [4.69, 9.17) is 9.84 Å². The number of hydrogen-bond donors (Lipinski definition) is 2. The summed E-state index contributed by atoms with van der Waals surface area (Å²) in [5.74, 6) is -1.30. The minimum Gasteiger partial charge on any atom is -0.481 e. The summed E-state index contributed by atoms with van der Waals surface area (Å²) >= 11 is 0. The van der Waals surface area contributed by atoms with Crippen LogP contribution >= 0.6 is 0 Å². The van der Waals surface area contributed by atoms with E-state index < -0.39 is 12.1 Å². The van der Waals surface area contributed by atoms with Crippen LogP contribution in [0, 0.1) is 0 Å². The SMILES string of the molecule is CCOC(CNC(=O)c1ccnnc1)CC(=O)O. The summed E-state index contributed by atoms with van der Waals surface area (Å²) in [5.41, 5.74) is 0.371. The van der Waals surface area contributed by atoms with E-state index in [-0.39, 0.29) is 18.9 Å². The van der Waals surface area contributed by atoms with Crippen LogP contribution in [0.4, 0.5) is 0 Å². The third kappa shape index (κ3) is 4.88. The molecule has 1 rings (SSSR count). The normalized spacial score (nSPS) is 11.8. The van der Waals surface area contributed by atoms with Gasteiger partial charge in [0, 0.05) is 13.2 Å². The maximum absolute atomic E-state index is 11.7. The molecule has 2 N–H and O–H groups in total. The highest BCUT2D eigenvalue weighted by Gasteiger charge is 2.15. The molecule has 1 aromatic heterocycles. The second kappa shape index (κ2) is 7.33. The average molecular weight is 253 g/mol. The zero-order chi connectivity index (χ0) is 13.4. The van der Waals surface area contributed by atoms with Crippen molar-refractivity contribution in [2.24, 2.45) is 0 Å². The van der Waals surface area contributed by atoms with E-state index in [0.29, 0.717) is 12.2 Å². The molecule has 18 heavy (non-hydrogen) atoms. The van der Waals surface area contributed by atoms with Crippen LogP contribution < -0.4 is 5.32 Å². The molecule has 0 saturated carbocycles. The quantitative estimate of drug-likeness (QED) is 0.714. The molecule has 1 atom stereocenters. The Labute approximate surface area is 104 Å². The number of carboxylic acids is 1. The summed E-state index contributed by atoms with van der Waals surface area (Å²) in [6.45, 7) is 2.30. The highest BCUT2D eigenvalue weighted by Crippen LogP contribution is 1.99. The molecule has 0 aliphatic rings. The van der Waals surface area contributed by atoms with Gasteiger partial charge in [0.25, 0.3) is 5.91 Å². The lowest BCUT2D eigenvalue weighted by Crippen LogP contribution is -2.35. The monoisotopic (exact) mass is 253 g/mol. The van der Waals surface area contributed by atoms with Crippen LogP contribution in [0.1, 0.15) is 23.7 Å². The van der Waals surface area contributed by atoms with Gasteiger partial charge >= 0.3 is 5.97 Å². The number of carbonyl (C=O) groups excluding carboxylic acids is 1. The van der Waals surface area contributed by atoms with Crippen molar-refractivity contribution >= 4 is 11.9 Å². The zero-order valence-electron chi connectivity index (χ0n) is 10.00. The Hall–Kier alpha value is -2.02. The van der Waals surface area contributed by atoms with Gasteiger partial charge in [-0.2, -0.15) is 10.2 Å². The number of aromatic nitrogens is 2. The van der Waals surface area contributed by atoms with Crippen molar-refractivity contribution in [3.63, 3.8) is 0 Å². The summed E-state index contributed by atoms with van der Waals surface area (Å²) in [4.78, 5) is 22.2. The fourth-order valence-corrected chi connectivity index (χ4v) is 1.35. The van der Waals surface area contributed by atoms with E-state index in [1.165, 1.54) is 18.5 Å². The number of amides is 1. The standard InChI is InChI=1S/C11H15N3O4/c1-2-18-9(5-10(15)16)7-12-11(17)8-3-4-13-14-6-8/h3-4,6,9H,2,5,7H2,1H3,(H,12,17)(H,15,16). The van der Waals surface area contributed by atoms with Gasteiger partial charge in [0.15, 0.2) is 0 Å². The maximum Gasteiger partial charge on any atom is 0.306 e. The first-order valence-electron chi connectivity index (χ1n) is 5.51. The molecule has 0 aromatic carbocycles. The molecular weight excluding hydrogens is 238 g/mol. The minimum absolute atomic E-state index is 0.140. The molecule has 0 aliphatic carbocycles. The lowest BCUT2D eigenvalue weighted by Gasteiger charge is -2.15. The smallest absolute Gasteiger partial charge is 0.306 e. The number of rotatable bonds is 7. The first-order chi connectivity index (χ1) is 8.63. The predicted molar refractivity (Wildman–Crippen MR) is 62.0 cm³/mol. The lowest BCUT2D eigenvalue weighted by molar-refractivity contribution is -0.140. The second-order valence-corrected chi connectivity index (χ2v) is 3.52. The number of hydrogen-bond acceptors (Lipinski definition) is 5. The van der Waals surface area contributed by atoms with E-state index in [1.54, 1.807) is 6.92 Å². The van der Waals surface area contributed by atoms with Crippen molar-refractivity contribution in [2.75, 3.05) is 13.2 Å². The summed E-state index contributed by atoms with van der Waals surface area (Å²) < 4.78 is 5.22. The molecule has 7 heteroatoms. The number of ether oxygens (including phenoxy) is 1. The van der Waals surface area contributed by atoms with Crippen LogP contribution in [0.15, 0.2) is 18.5 Å². The Morgan fingerprint density at radius 2 is 2.28 bits per heavy atom.